The summed E-state index contributed by atoms with van der Waals surface area (Å²) in [5.74, 6) is 1.05. The minimum Gasteiger partial charge on any atom is -0.453 e. The number of amides is 2. The second-order valence-electron chi connectivity index (χ2n) is 6.71. The van der Waals surface area contributed by atoms with E-state index in [4.69, 9.17) is 10.5 Å². The predicted octanol–water partition coefficient (Wildman–Crippen LogP) is 0.637. The van der Waals surface area contributed by atoms with Crippen molar-refractivity contribution in [1.29, 1.82) is 0 Å². The van der Waals surface area contributed by atoms with Gasteiger partial charge in [0.2, 0.25) is 11.9 Å². The van der Waals surface area contributed by atoms with E-state index in [-0.39, 0.29) is 11.9 Å². The van der Waals surface area contributed by atoms with E-state index in [0.717, 1.165) is 24.4 Å². The molecule has 26 heavy (non-hydrogen) atoms. The summed E-state index contributed by atoms with van der Waals surface area (Å²) in [7, 11) is 1.35. The van der Waals surface area contributed by atoms with Crippen LogP contribution in [0.5, 0.6) is 0 Å². The molecule has 3 heterocycles. The van der Waals surface area contributed by atoms with Gasteiger partial charge in [0.1, 0.15) is 11.9 Å². The maximum Gasteiger partial charge on any atom is 0.410 e. The molecule has 2 aliphatic heterocycles. The molecule has 142 valence electrons. The molecule has 1 aromatic rings. The molecule has 1 aromatic heterocycles. The van der Waals surface area contributed by atoms with Crippen molar-refractivity contribution in [3.05, 3.63) is 11.8 Å². The quantitative estimate of drug-likeness (QED) is 0.823. The smallest absolute Gasteiger partial charge is 0.410 e. The van der Waals surface area contributed by atoms with E-state index < -0.39 is 12.1 Å². The molecule has 0 radical (unpaired) electrons. The molecule has 9 nitrogen and oxygen atoms in total. The first-order valence-electron chi connectivity index (χ1n) is 8.99. The fourth-order valence-electron chi connectivity index (χ4n) is 3.63. The van der Waals surface area contributed by atoms with Crippen molar-refractivity contribution in [2.24, 2.45) is 0 Å². The van der Waals surface area contributed by atoms with E-state index in [0.29, 0.717) is 39.1 Å². The Kier molecular flexibility index (Phi) is 5.43. The van der Waals surface area contributed by atoms with E-state index in [9.17, 15) is 9.59 Å². The summed E-state index contributed by atoms with van der Waals surface area (Å²) >= 11 is 0. The van der Waals surface area contributed by atoms with Crippen LogP contribution in [-0.2, 0) is 9.53 Å². The molecule has 3 rings (SSSR count). The van der Waals surface area contributed by atoms with Gasteiger partial charge < -0.3 is 20.3 Å². The van der Waals surface area contributed by atoms with E-state index in [1.807, 2.05) is 17.9 Å². The van der Waals surface area contributed by atoms with Gasteiger partial charge in [0.15, 0.2) is 0 Å². The third-order valence-corrected chi connectivity index (χ3v) is 4.97. The Labute approximate surface area is 153 Å². The van der Waals surface area contributed by atoms with Gasteiger partial charge in [-0.1, -0.05) is 0 Å². The van der Waals surface area contributed by atoms with Crippen molar-refractivity contribution in [2.45, 2.75) is 32.2 Å². The topological polar surface area (TPSA) is 105 Å². The molecule has 0 spiro atoms. The second kappa shape index (κ2) is 7.76. The van der Waals surface area contributed by atoms with Crippen molar-refractivity contribution in [1.82, 2.24) is 19.8 Å². The van der Waals surface area contributed by atoms with E-state index in [1.54, 1.807) is 4.90 Å². The number of nitrogens with two attached hydrogens (primary N) is 1. The zero-order chi connectivity index (χ0) is 18.7. The average Bonchev–Trinajstić information content (AvgIpc) is 2.66. The predicted molar refractivity (Wildman–Crippen MR) is 96.7 cm³/mol. The number of hydrogen-bond acceptors (Lipinski definition) is 7. The van der Waals surface area contributed by atoms with Gasteiger partial charge in [-0.15, -0.1) is 0 Å². The van der Waals surface area contributed by atoms with Gasteiger partial charge in [-0.05, 0) is 26.2 Å². The van der Waals surface area contributed by atoms with Crippen molar-refractivity contribution in [3.63, 3.8) is 0 Å². The van der Waals surface area contributed by atoms with Crippen LogP contribution >= 0.6 is 0 Å². The van der Waals surface area contributed by atoms with Crippen LogP contribution in [0.15, 0.2) is 6.07 Å². The molecule has 9 heteroatoms. The number of aromatic nitrogens is 2. The van der Waals surface area contributed by atoms with Crippen LogP contribution in [0.4, 0.5) is 16.6 Å². The number of anilines is 2. The molecule has 2 saturated heterocycles. The highest BCUT2D eigenvalue weighted by atomic mass is 16.5. The third-order valence-electron chi connectivity index (χ3n) is 4.97. The lowest BCUT2D eigenvalue weighted by Crippen LogP contribution is -2.57. The molecule has 0 unspecified atom stereocenters. The number of nitrogens with zero attached hydrogens (tertiary/aromatic N) is 5. The number of hydrogen-bond donors (Lipinski definition) is 1. The zero-order valence-corrected chi connectivity index (χ0v) is 15.3. The van der Waals surface area contributed by atoms with E-state index in [2.05, 4.69) is 14.9 Å². The zero-order valence-electron chi connectivity index (χ0n) is 15.3. The fourth-order valence-corrected chi connectivity index (χ4v) is 3.63. The summed E-state index contributed by atoms with van der Waals surface area (Å²) in [4.78, 5) is 38.8. The Hall–Kier alpha value is -2.58. The Bertz CT molecular complexity index is 654. The Morgan fingerprint density at radius 1 is 1.15 bits per heavy atom. The molecule has 2 amide bonds. The molecule has 2 N–H and O–H groups in total. The minimum atomic E-state index is -0.423. The molecule has 0 bridgehead atoms. The van der Waals surface area contributed by atoms with E-state index >= 15 is 0 Å². The van der Waals surface area contributed by atoms with Crippen LogP contribution in [-0.4, -0.2) is 77.6 Å². The number of rotatable bonds is 2. The SMILES string of the molecule is COC(=O)N1CCCC[C@@H]1C(=O)N1CCN(c2cc(C)nc(N)n2)CC1. The highest BCUT2D eigenvalue weighted by molar-refractivity contribution is 5.86. The standard InChI is InChI=1S/C17H26N6O3/c1-12-11-14(20-16(18)19-12)21-7-9-22(10-8-21)15(24)13-5-3-4-6-23(13)17(25)26-2/h11,13H,3-10H2,1-2H3,(H2,18,19,20)/t13-/m1/s1. The second-order valence-corrected chi connectivity index (χ2v) is 6.71. The maximum absolute atomic E-state index is 12.9. The molecule has 2 fully saturated rings. The van der Waals surface area contributed by atoms with Crippen LogP contribution in [0, 0.1) is 6.92 Å². The Morgan fingerprint density at radius 2 is 1.88 bits per heavy atom. The van der Waals surface area contributed by atoms with Gasteiger partial charge in [0.05, 0.1) is 7.11 Å². The van der Waals surface area contributed by atoms with Crippen molar-refractivity contribution >= 4 is 23.8 Å². The highest BCUT2D eigenvalue weighted by Gasteiger charge is 2.36. The minimum absolute atomic E-state index is 0.00753. The van der Waals surface area contributed by atoms with Crippen LogP contribution in [0.25, 0.3) is 0 Å². The molecule has 0 aliphatic carbocycles. The van der Waals surface area contributed by atoms with Crippen molar-refractivity contribution in [2.75, 3.05) is 50.5 Å². The van der Waals surface area contributed by atoms with Crippen LogP contribution in [0.2, 0.25) is 0 Å². The van der Waals surface area contributed by atoms with Gasteiger partial charge in [-0.3, -0.25) is 9.69 Å². The summed E-state index contributed by atoms with van der Waals surface area (Å²) in [5.41, 5.74) is 6.55. The van der Waals surface area contributed by atoms with Crippen molar-refractivity contribution in [3.8, 4) is 0 Å². The normalized spacial score (nSPS) is 20.8. The fraction of sp³-hybridized carbons (Fsp3) is 0.647. The summed E-state index contributed by atoms with van der Waals surface area (Å²) in [6.07, 6.45) is 2.12. The number of piperazine rings is 1. The number of carbonyl (C=O) groups is 2. The first kappa shape index (κ1) is 18.2. The first-order valence-corrected chi connectivity index (χ1v) is 8.99. The highest BCUT2D eigenvalue weighted by Crippen LogP contribution is 2.22. The van der Waals surface area contributed by atoms with Crippen LogP contribution in [0.3, 0.4) is 0 Å². The van der Waals surface area contributed by atoms with Gasteiger partial charge in [-0.25, -0.2) is 9.78 Å². The molecule has 0 aromatic carbocycles. The number of aryl methyl sites for hydroxylation is 1. The summed E-state index contributed by atoms with van der Waals surface area (Å²) < 4.78 is 4.84. The molecule has 0 saturated carbocycles. The lowest BCUT2D eigenvalue weighted by atomic mass is 10.0. The number of ether oxygens (including phenoxy) is 1. The van der Waals surface area contributed by atoms with Crippen molar-refractivity contribution < 1.29 is 14.3 Å². The number of carbonyl (C=O) groups excluding carboxylic acids is 2. The Morgan fingerprint density at radius 3 is 2.54 bits per heavy atom. The summed E-state index contributed by atoms with van der Waals surface area (Å²) in [5, 5.41) is 0. The largest absolute Gasteiger partial charge is 0.453 e. The van der Waals surface area contributed by atoms with Crippen LogP contribution in [0.1, 0.15) is 25.0 Å². The van der Waals surface area contributed by atoms with Gasteiger partial charge in [0.25, 0.3) is 0 Å². The third kappa shape index (κ3) is 3.81. The van der Waals surface area contributed by atoms with Gasteiger partial charge >= 0.3 is 6.09 Å². The van der Waals surface area contributed by atoms with Gasteiger partial charge in [-0.2, -0.15) is 4.98 Å². The molecule has 1 atom stereocenters. The number of methoxy groups -OCH3 is 1. The first-order chi connectivity index (χ1) is 12.5. The average molecular weight is 362 g/mol. The number of likely N-dealkylation sites (tertiary alicyclic amines) is 1. The summed E-state index contributed by atoms with van der Waals surface area (Å²) in [6.45, 7) is 4.98. The lowest BCUT2D eigenvalue weighted by molar-refractivity contribution is -0.137. The lowest BCUT2D eigenvalue weighted by Gasteiger charge is -2.40. The maximum atomic E-state index is 12.9. The number of nitrogen functional groups attached to an aromatic ring is 1. The summed E-state index contributed by atoms with van der Waals surface area (Å²) in [6, 6.07) is 1.48. The molecular weight excluding hydrogens is 336 g/mol. The molecule has 2 aliphatic rings. The van der Waals surface area contributed by atoms with Crippen LogP contribution < -0.4 is 10.6 Å². The van der Waals surface area contributed by atoms with E-state index in [1.165, 1.54) is 7.11 Å². The molecular formula is C17H26N6O3. The Balaban J connectivity index is 1.63. The number of piperidine rings is 1. The monoisotopic (exact) mass is 362 g/mol. The van der Waals surface area contributed by atoms with Gasteiger partial charge in [0, 0.05) is 44.5 Å².